The van der Waals surface area contributed by atoms with Gasteiger partial charge in [0, 0.05) is 43.8 Å². The van der Waals surface area contributed by atoms with Crippen molar-refractivity contribution in [3.8, 4) is 0 Å². The van der Waals surface area contributed by atoms with E-state index in [9.17, 15) is 4.79 Å². The highest BCUT2D eigenvalue weighted by Gasteiger charge is 2.30. The van der Waals surface area contributed by atoms with Crippen LogP contribution in [0.1, 0.15) is 37.8 Å². The summed E-state index contributed by atoms with van der Waals surface area (Å²) in [6.07, 6.45) is 2.04. The van der Waals surface area contributed by atoms with E-state index in [2.05, 4.69) is 60.6 Å². The zero-order valence-corrected chi connectivity index (χ0v) is 16.3. The largest absolute Gasteiger partial charge is 0.368 e. The Morgan fingerprint density at radius 2 is 1.60 bits per heavy atom. The molecule has 2 aliphatic heterocycles. The fraction of sp³-hybridized carbons (Fsp3) is 0.667. The third kappa shape index (κ3) is 4.17. The zero-order valence-electron chi connectivity index (χ0n) is 16.3. The van der Waals surface area contributed by atoms with Crippen LogP contribution in [0.5, 0.6) is 0 Å². The summed E-state index contributed by atoms with van der Waals surface area (Å²) < 4.78 is 0. The minimum Gasteiger partial charge on any atom is -0.368 e. The van der Waals surface area contributed by atoms with Gasteiger partial charge >= 0.3 is 0 Å². The lowest BCUT2D eigenvalue weighted by Crippen LogP contribution is -2.52. The molecular weight excluding hydrogens is 310 g/mol. The summed E-state index contributed by atoms with van der Waals surface area (Å²) in [6, 6.07) is 7.28. The van der Waals surface area contributed by atoms with Crippen LogP contribution in [-0.4, -0.2) is 61.0 Å². The van der Waals surface area contributed by atoms with Crippen LogP contribution in [0.3, 0.4) is 0 Å². The normalized spacial score (nSPS) is 20.4. The first-order valence-electron chi connectivity index (χ1n) is 9.80. The average molecular weight is 344 g/mol. The van der Waals surface area contributed by atoms with Crippen molar-refractivity contribution in [3.05, 3.63) is 29.3 Å². The van der Waals surface area contributed by atoms with Crippen molar-refractivity contribution in [1.29, 1.82) is 0 Å². The van der Waals surface area contributed by atoms with Crippen molar-refractivity contribution in [2.45, 2.75) is 46.6 Å². The van der Waals surface area contributed by atoms with E-state index < -0.39 is 0 Å². The number of aryl methyl sites for hydroxylation is 2. The summed E-state index contributed by atoms with van der Waals surface area (Å²) in [5, 5.41) is 0. The first kappa shape index (κ1) is 18.2. The van der Waals surface area contributed by atoms with Gasteiger partial charge in [0.25, 0.3) is 0 Å². The summed E-state index contributed by atoms with van der Waals surface area (Å²) in [5.74, 6) is 0.631. The molecule has 0 bridgehead atoms. The molecule has 4 nitrogen and oxygen atoms in total. The van der Waals surface area contributed by atoms with E-state index in [0.717, 1.165) is 52.1 Å². The minimum atomic E-state index is 0.239. The molecule has 0 unspecified atom stereocenters. The Bertz CT molecular complexity index is 597. The Kier molecular flexibility index (Phi) is 5.67. The number of benzene rings is 1. The molecule has 0 radical (unpaired) electrons. The van der Waals surface area contributed by atoms with Crippen molar-refractivity contribution in [3.63, 3.8) is 0 Å². The monoisotopic (exact) mass is 343 g/mol. The summed E-state index contributed by atoms with van der Waals surface area (Å²) in [6.45, 7) is 14.5. The van der Waals surface area contributed by atoms with Crippen LogP contribution in [0.2, 0.25) is 0 Å². The van der Waals surface area contributed by atoms with Gasteiger partial charge in [0.2, 0.25) is 5.91 Å². The van der Waals surface area contributed by atoms with Gasteiger partial charge in [-0.25, -0.2) is 0 Å². The smallest absolute Gasteiger partial charge is 0.225 e. The van der Waals surface area contributed by atoms with Gasteiger partial charge in [-0.1, -0.05) is 6.07 Å². The first-order chi connectivity index (χ1) is 12.0. The van der Waals surface area contributed by atoms with E-state index in [1.165, 1.54) is 16.8 Å². The first-order valence-corrected chi connectivity index (χ1v) is 9.80. The minimum absolute atomic E-state index is 0.239. The molecule has 25 heavy (non-hydrogen) atoms. The number of hydrogen-bond donors (Lipinski definition) is 0. The number of amides is 1. The predicted molar refractivity (Wildman–Crippen MR) is 104 cm³/mol. The van der Waals surface area contributed by atoms with Crippen LogP contribution in [0.25, 0.3) is 0 Å². The van der Waals surface area contributed by atoms with Gasteiger partial charge in [-0.05, 0) is 76.9 Å². The van der Waals surface area contributed by atoms with E-state index in [0.29, 0.717) is 11.9 Å². The molecule has 3 rings (SSSR count). The fourth-order valence-electron chi connectivity index (χ4n) is 4.03. The summed E-state index contributed by atoms with van der Waals surface area (Å²) in [4.78, 5) is 19.9. The number of likely N-dealkylation sites (tertiary alicyclic amines) is 1. The predicted octanol–water partition coefficient (Wildman–Crippen LogP) is 3.07. The second kappa shape index (κ2) is 7.77. The third-order valence-electron chi connectivity index (χ3n) is 6.06. The number of carbonyl (C=O) groups excluding carboxylic acids is 1. The second-order valence-electron chi connectivity index (χ2n) is 7.98. The van der Waals surface area contributed by atoms with Crippen LogP contribution in [0, 0.1) is 19.8 Å². The van der Waals surface area contributed by atoms with E-state index >= 15 is 0 Å². The number of hydrogen-bond acceptors (Lipinski definition) is 3. The van der Waals surface area contributed by atoms with E-state index in [1.807, 2.05) is 0 Å². The van der Waals surface area contributed by atoms with Crippen molar-refractivity contribution in [1.82, 2.24) is 9.80 Å². The third-order valence-corrected chi connectivity index (χ3v) is 6.06. The number of rotatable bonds is 3. The topological polar surface area (TPSA) is 26.8 Å². The van der Waals surface area contributed by atoms with Crippen LogP contribution in [0.15, 0.2) is 18.2 Å². The van der Waals surface area contributed by atoms with Crippen LogP contribution >= 0.6 is 0 Å². The van der Waals surface area contributed by atoms with Crippen LogP contribution < -0.4 is 4.90 Å². The van der Waals surface area contributed by atoms with Crippen molar-refractivity contribution >= 4 is 11.6 Å². The van der Waals surface area contributed by atoms with Gasteiger partial charge in [0.15, 0.2) is 0 Å². The Morgan fingerprint density at radius 1 is 0.960 bits per heavy atom. The molecule has 0 N–H and O–H groups in total. The Labute approximate surface area is 152 Å². The number of nitrogens with zero attached hydrogens (tertiary/aromatic N) is 3. The van der Waals surface area contributed by atoms with Crippen LogP contribution in [0.4, 0.5) is 5.69 Å². The SMILES string of the molecule is Cc1ccc(N2CCN(C(=O)C3CCN(C(C)C)CC3)CC2)cc1C. The van der Waals surface area contributed by atoms with Gasteiger partial charge in [-0.3, -0.25) is 4.79 Å². The van der Waals surface area contributed by atoms with Gasteiger partial charge in [0.05, 0.1) is 0 Å². The van der Waals surface area contributed by atoms with Gasteiger partial charge < -0.3 is 14.7 Å². The summed E-state index contributed by atoms with van der Waals surface area (Å²) >= 11 is 0. The highest BCUT2D eigenvalue weighted by molar-refractivity contribution is 5.79. The van der Waals surface area contributed by atoms with E-state index in [4.69, 9.17) is 0 Å². The number of piperidine rings is 1. The quantitative estimate of drug-likeness (QED) is 0.844. The Balaban J connectivity index is 1.52. The lowest BCUT2D eigenvalue weighted by molar-refractivity contribution is -0.137. The molecule has 4 heteroatoms. The molecule has 0 saturated carbocycles. The molecule has 0 atom stereocenters. The molecule has 0 aliphatic carbocycles. The maximum Gasteiger partial charge on any atom is 0.225 e. The number of anilines is 1. The molecule has 1 aromatic rings. The number of carbonyl (C=O) groups is 1. The lowest BCUT2D eigenvalue weighted by Gasteiger charge is -2.40. The molecule has 2 aliphatic rings. The highest BCUT2D eigenvalue weighted by atomic mass is 16.2. The van der Waals surface area contributed by atoms with Gasteiger partial charge in [0.1, 0.15) is 0 Å². The molecule has 2 saturated heterocycles. The number of piperazine rings is 1. The molecule has 138 valence electrons. The van der Waals surface area contributed by atoms with Crippen molar-refractivity contribution in [2.24, 2.45) is 5.92 Å². The van der Waals surface area contributed by atoms with Crippen LogP contribution in [-0.2, 0) is 4.79 Å². The van der Waals surface area contributed by atoms with Gasteiger partial charge in [-0.2, -0.15) is 0 Å². The standard InChI is InChI=1S/C21H33N3O/c1-16(2)22-9-7-19(8-10-22)21(25)24-13-11-23(12-14-24)20-6-5-17(3)18(4)15-20/h5-6,15-16,19H,7-14H2,1-4H3. The molecule has 2 heterocycles. The molecular formula is C21H33N3O. The van der Waals surface area contributed by atoms with Crippen molar-refractivity contribution < 1.29 is 4.79 Å². The maximum absolute atomic E-state index is 12.9. The summed E-state index contributed by atoms with van der Waals surface area (Å²) in [7, 11) is 0. The Hall–Kier alpha value is -1.55. The van der Waals surface area contributed by atoms with E-state index in [1.54, 1.807) is 0 Å². The zero-order chi connectivity index (χ0) is 18.0. The molecule has 0 aromatic heterocycles. The molecule has 1 aromatic carbocycles. The summed E-state index contributed by atoms with van der Waals surface area (Å²) in [5.41, 5.74) is 3.97. The average Bonchev–Trinajstić information content (AvgIpc) is 2.63. The fourth-order valence-corrected chi connectivity index (χ4v) is 4.03. The molecule has 0 spiro atoms. The van der Waals surface area contributed by atoms with E-state index in [-0.39, 0.29) is 5.92 Å². The van der Waals surface area contributed by atoms with Gasteiger partial charge in [-0.15, -0.1) is 0 Å². The second-order valence-corrected chi connectivity index (χ2v) is 7.98. The van der Waals surface area contributed by atoms with Crippen molar-refractivity contribution in [2.75, 3.05) is 44.2 Å². The highest BCUT2D eigenvalue weighted by Crippen LogP contribution is 2.24. The molecule has 1 amide bonds. The maximum atomic E-state index is 12.9. The Morgan fingerprint density at radius 3 is 2.16 bits per heavy atom. The molecule has 2 fully saturated rings. The lowest BCUT2D eigenvalue weighted by atomic mass is 9.94.